The Hall–Kier alpha value is -7.24. The molecule has 6 aromatic rings. The van der Waals surface area contributed by atoms with Gasteiger partial charge in [0, 0.05) is 77.7 Å². The molecule has 0 radical (unpaired) electrons. The van der Waals surface area contributed by atoms with Crippen LogP contribution >= 0.6 is 15.9 Å². The van der Waals surface area contributed by atoms with Crippen molar-refractivity contribution in [2.24, 2.45) is 11.8 Å². The first-order valence-corrected chi connectivity index (χ1v) is 28.3. The summed E-state index contributed by atoms with van der Waals surface area (Å²) < 4.78 is 78.6. The summed E-state index contributed by atoms with van der Waals surface area (Å²) in [5.74, 6) is -9.74. The van der Waals surface area contributed by atoms with Gasteiger partial charge in [-0.2, -0.15) is 17.6 Å². The molecule has 0 aliphatic carbocycles. The summed E-state index contributed by atoms with van der Waals surface area (Å²) in [6.07, 6.45) is 3.42. The predicted octanol–water partition coefficient (Wildman–Crippen LogP) is 10.8. The second-order valence-electron chi connectivity index (χ2n) is 22.8. The molecule has 0 bridgehead atoms. The number of benzene rings is 4. The van der Waals surface area contributed by atoms with Crippen LogP contribution in [0.3, 0.4) is 0 Å². The van der Waals surface area contributed by atoms with Gasteiger partial charge in [0.2, 0.25) is 0 Å². The average molecular weight is 1220 g/mol. The lowest BCUT2D eigenvalue weighted by molar-refractivity contribution is -0.144. The molecule has 5 aliphatic rings. The number of aromatic nitrogens is 2. The maximum absolute atomic E-state index is 13.7. The van der Waals surface area contributed by atoms with Crippen LogP contribution in [0.5, 0.6) is 0 Å². The Morgan fingerprint density at radius 2 is 1.10 bits per heavy atom. The number of halogens is 5. The molecule has 4 unspecified atom stereocenters. The van der Waals surface area contributed by atoms with Gasteiger partial charge >= 0.3 is 19.1 Å². The van der Waals surface area contributed by atoms with E-state index in [4.69, 9.17) is 18.8 Å². The molecular weight excluding hydrogens is 1160 g/mol. The number of carboxylic acid groups (broad SMARTS) is 2. The van der Waals surface area contributed by atoms with Crippen LogP contribution in [0.25, 0.3) is 11.1 Å². The van der Waals surface area contributed by atoms with Crippen molar-refractivity contribution in [1.29, 1.82) is 0 Å². The fraction of sp³-hybridized carbons (Fsp3) is 0.387. The molecule has 442 valence electrons. The number of nitrogens with zero attached hydrogens (tertiary/aromatic N) is 4. The third-order valence-corrected chi connectivity index (χ3v) is 16.8. The van der Waals surface area contributed by atoms with Gasteiger partial charge in [0.25, 0.3) is 23.7 Å². The molecule has 2 amide bonds. The van der Waals surface area contributed by atoms with E-state index >= 15 is 0 Å². The Bertz CT molecular complexity index is 3470. The van der Waals surface area contributed by atoms with E-state index in [-0.39, 0.29) is 29.1 Å². The minimum Gasteiger partial charge on any atom is -0.481 e. The van der Waals surface area contributed by atoms with E-state index in [2.05, 4.69) is 58.5 Å². The van der Waals surface area contributed by atoms with Crippen LogP contribution in [0.4, 0.5) is 40.3 Å². The highest BCUT2D eigenvalue weighted by Gasteiger charge is 2.52. The van der Waals surface area contributed by atoms with Crippen LogP contribution < -0.4 is 25.9 Å². The minimum atomic E-state index is -3.15. The normalized spacial score (nSPS) is 20.3. The fourth-order valence-electron chi connectivity index (χ4n) is 10.9. The van der Waals surface area contributed by atoms with Crippen LogP contribution in [0, 0.1) is 25.7 Å². The first kappa shape index (κ1) is 61.3. The van der Waals surface area contributed by atoms with Crippen molar-refractivity contribution in [2.75, 3.05) is 60.0 Å². The number of nitrogens with one attached hydrogen (secondary N) is 2. The Morgan fingerprint density at radius 3 is 1.58 bits per heavy atom. The molecule has 5 aliphatic heterocycles. The lowest BCUT2D eigenvalue weighted by atomic mass is 9.76. The van der Waals surface area contributed by atoms with Crippen molar-refractivity contribution >= 4 is 75.0 Å². The van der Waals surface area contributed by atoms with Crippen molar-refractivity contribution in [1.82, 2.24) is 9.97 Å². The highest BCUT2D eigenvalue weighted by Crippen LogP contribution is 2.41. The van der Waals surface area contributed by atoms with Crippen LogP contribution in [0.1, 0.15) is 95.9 Å². The molecule has 4 N–H and O–H groups in total. The molecule has 11 rings (SSSR count). The molecule has 4 aromatic carbocycles. The summed E-state index contributed by atoms with van der Waals surface area (Å²) in [6.45, 7) is 16.7. The lowest BCUT2D eigenvalue weighted by Gasteiger charge is -2.45. The number of hydrogen-bond donors (Lipinski definition) is 4. The Labute approximate surface area is 493 Å². The molecule has 7 heterocycles. The number of amides is 2. The smallest absolute Gasteiger partial charge is 0.481 e. The second kappa shape index (κ2) is 24.4. The highest BCUT2D eigenvalue weighted by molar-refractivity contribution is 9.10. The maximum Gasteiger partial charge on any atom is 0.495 e. The number of fused-ring (bicyclic) bond motifs is 6. The zero-order chi connectivity index (χ0) is 60.6. The van der Waals surface area contributed by atoms with Crippen molar-refractivity contribution in [3.63, 3.8) is 0 Å². The van der Waals surface area contributed by atoms with Crippen molar-refractivity contribution in [2.45, 2.75) is 103 Å². The Morgan fingerprint density at radius 1 is 0.631 bits per heavy atom. The summed E-state index contributed by atoms with van der Waals surface area (Å²) in [7, 11) is -0.567. The molecule has 22 heteroatoms. The first-order valence-electron chi connectivity index (χ1n) is 27.5. The van der Waals surface area contributed by atoms with E-state index in [1.54, 1.807) is 18.2 Å². The summed E-state index contributed by atoms with van der Waals surface area (Å²) in [5, 5.41) is 24.7. The maximum atomic E-state index is 13.7. The van der Waals surface area contributed by atoms with Gasteiger partial charge in [-0.15, -0.1) is 0 Å². The predicted molar refractivity (Wildman–Crippen MR) is 315 cm³/mol. The number of carboxylic acids is 2. The fourth-order valence-corrected chi connectivity index (χ4v) is 11.2. The summed E-state index contributed by atoms with van der Waals surface area (Å²) in [4.78, 5) is 60.3. The number of rotatable bonds is 10. The van der Waals surface area contributed by atoms with E-state index < -0.39 is 71.2 Å². The van der Waals surface area contributed by atoms with Gasteiger partial charge in [0.05, 0.1) is 61.5 Å². The van der Waals surface area contributed by atoms with Crippen LogP contribution in [-0.2, 0) is 53.1 Å². The van der Waals surface area contributed by atoms with Gasteiger partial charge in [-0.25, -0.2) is 0 Å². The van der Waals surface area contributed by atoms with Gasteiger partial charge in [-0.05, 0) is 154 Å². The van der Waals surface area contributed by atoms with Gasteiger partial charge in [0.15, 0.2) is 0 Å². The molecule has 4 atom stereocenters. The third-order valence-electron chi connectivity index (χ3n) is 16.3. The van der Waals surface area contributed by atoms with Crippen molar-refractivity contribution in [3.05, 3.63) is 159 Å². The number of anilines is 4. The number of carbonyl (C=O) groups is 4. The summed E-state index contributed by atoms with van der Waals surface area (Å²) in [5.41, 5.74) is 8.20. The van der Waals surface area contributed by atoms with Gasteiger partial charge < -0.3 is 49.4 Å². The van der Waals surface area contributed by atoms with Gasteiger partial charge in [-0.3, -0.25) is 29.1 Å². The van der Waals surface area contributed by atoms with Crippen molar-refractivity contribution < 1.29 is 65.7 Å². The molecule has 3 fully saturated rings. The van der Waals surface area contributed by atoms with E-state index in [9.17, 15) is 47.0 Å². The lowest BCUT2D eigenvalue weighted by Crippen LogP contribution is -2.54. The quantitative estimate of drug-likeness (QED) is 0.0745. The Kier molecular flexibility index (Phi) is 17.8. The van der Waals surface area contributed by atoms with Crippen LogP contribution in [0.2, 0.25) is 0 Å². The minimum absolute atomic E-state index is 0.0435. The number of aliphatic carboxylic acids is 2. The molecule has 0 spiro atoms. The monoisotopic (exact) mass is 1220 g/mol. The molecular formula is C62H66BBrF4N6O10. The second-order valence-corrected chi connectivity index (χ2v) is 23.7. The zero-order valence-electron chi connectivity index (χ0n) is 47.8. The summed E-state index contributed by atoms with van der Waals surface area (Å²) >= 11 is 3.48. The number of carbonyl (C=O) groups excluding carboxylic acids is 2. The molecule has 0 saturated carbocycles. The first-order chi connectivity index (χ1) is 39.6. The third kappa shape index (κ3) is 13.5. The van der Waals surface area contributed by atoms with Crippen LogP contribution in [-0.4, -0.2) is 114 Å². The topological polar surface area (TPSA) is 202 Å². The molecule has 84 heavy (non-hydrogen) atoms. The Balaban J connectivity index is 0.000000160. The number of hydrogen-bond acceptors (Lipinski definition) is 12. The molecule has 16 nitrogen and oxygen atoms in total. The number of ether oxygens (including phenoxy) is 2. The van der Waals surface area contributed by atoms with E-state index in [0.29, 0.717) is 57.2 Å². The van der Waals surface area contributed by atoms with E-state index in [1.807, 2.05) is 84.0 Å². The zero-order valence-corrected chi connectivity index (χ0v) is 49.4. The number of aryl methyl sites for hydroxylation is 2. The standard InChI is InChI=1S/C28H27F2N3O4.C21H25BF2N2O3.C13H14BrNO3/c1-16-3-6-20(32-26(34)19-7-8-31-25(13-19)28(2,29)30)14-21(16)17-4-5-18-11-22(27(35)36)24-15-37-10-9-33(24)23(18)12-17;1-13-7-8-15(12-16(13)22-28-19(2,3)20(4,5)29-22)26-18(27)14-9-10-25-17(11-14)21(6,23)24;14-9-2-1-8-5-10(13(16)17)12-7-18-4-3-15(12)11(8)6-9/h3-8,12-14,22,24H,9-11,15H2,1-2H3,(H,32,34)(H,35,36);7-12H,1-6H3,(H,26,27);1-2,6,10,12H,3-5,7H2,(H,16,17). The van der Waals surface area contributed by atoms with E-state index in [1.165, 1.54) is 24.5 Å². The van der Waals surface area contributed by atoms with Crippen molar-refractivity contribution in [3.8, 4) is 11.1 Å². The van der Waals surface area contributed by atoms with E-state index in [0.717, 1.165) is 87.2 Å². The van der Waals surface area contributed by atoms with Crippen LogP contribution in [0.15, 0.2) is 114 Å². The highest BCUT2D eigenvalue weighted by atomic mass is 79.9. The van der Waals surface area contributed by atoms with Gasteiger partial charge in [0.1, 0.15) is 11.4 Å². The number of pyridine rings is 2. The molecule has 3 saturated heterocycles. The molecule has 2 aromatic heterocycles. The average Bonchev–Trinajstić information content (AvgIpc) is 1.50. The number of alkyl halides is 4. The number of morpholine rings is 2. The summed E-state index contributed by atoms with van der Waals surface area (Å²) in [6, 6.07) is 27.7. The van der Waals surface area contributed by atoms with Gasteiger partial charge in [-0.1, -0.05) is 51.8 Å². The largest absolute Gasteiger partial charge is 0.495 e. The SMILES string of the molecule is Cc1ccc(NC(=O)c2ccnc(C(C)(F)F)c2)cc1-c1ccc2c(c1)N1CCOCC1C(C(=O)O)C2.Cc1ccc(NC(=O)c2ccnc(C(C)(F)F)c2)cc1B1OC(C)(C)C(C)(C)O1.O=C(O)C1Cc2ccc(Br)cc2N2CCOCC12.